The topological polar surface area (TPSA) is 52.7 Å². The van der Waals surface area contributed by atoms with Gasteiger partial charge in [-0.1, -0.05) is 19.1 Å². The highest BCUT2D eigenvalue weighted by atomic mass is 32.2. The molecule has 1 aromatic rings. The number of sulfonamides is 1. The van der Waals surface area contributed by atoms with E-state index >= 15 is 0 Å². The second-order valence-electron chi connectivity index (χ2n) is 5.54. The number of para-hydroxylation sites is 2. The molecule has 1 aromatic carbocycles. The van der Waals surface area contributed by atoms with E-state index in [4.69, 9.17) is 0 Å². The zero-order valence-corrected chi connectivity index (χ0v) is 13.9. The van der Waals surface area contributed by atoms with Crippen LogP contribution in [-0.2, 0) is 10.0 Å². The minimum Gasteiger partial charge on any atom is -0.371 e. The van der Waals surface area contributed by atoms with Crippen LogP contribution in [0.3, 0.4) is 0 Å². The summed E-state index contributed by atoms with van der Waals surface area (Å²) in [5.74, 6) is 0. The molecule has 0 saturated carbocycles. The monoisotopic (exact) mass is 311 g/mol. The Morgan fingerprint density at radius 2 is 1.90 bits per heavy atom. The summed E-state index contributed by atoms with van der Waals surface area (Å²) in [6.07, 6.45) is 1.00. The zero-order chi connectivity index (χ0) is 15.5. The van der Waals surface area contributed by atoms with Crippen molar-refractivity contribution in [1.82, 2.24) is 5.32 Å². The molecule has 1 aliphatic rings. The van der Waals surface area contributed by atoms with Gasteiger partial charge in [0.05, 0.1) is 23.2 Å². The summed E-state index contributed by atoms with van der Waals surface area (Å²) in [4.78, 5) is 2.10. The van der Waals surface area contributed by atoms with Crippen LogP contribution in [0.15, 0.2) is 24.3 Å². The van der Waals surface area contributed by atoms with Gasteiger partial charge in [0.2, 0.25) is 10.0 Å². The molecule has 1 unspecified atom stereocenters. The predicted octanol–water partition coefficient (Wildman–Crippen LogP) is 1.66. The number of hydrogen-bond acceptors (Lipinski definition) is 4. The van der Waals surface area contributed by atoms with E-state index in [0.717, 1.165) is 24.3 Å². The van der Waals surface area contributed by atoms with Crippen LogP contribution in [0.4, 0.5) is 11.4 Å². The average Bonchev–Trinajstić information content (AvgIpc) is 2.47. The summed E-state index contributed by atoms with van der Waals surface area (Å²) in [7, 11) is -1.34. The molecule has 2 rings (SSSR count). The van der Waals surface area contributed by atoms with Gasteiger partial charge in [0.25, 0.3) is 0 Å². The fraction of sp³-hybridized carbons (Fsp3) is 0.600. The van der Waals surface area contributed by atoms with Gasteiger partial charge in [-0.3, -0.25) is 4.31 Å². The van der Waals surface area contributed by atoms with Crippen LogP contribution in [0.5, 0.6) is 0 Å². The molecule has 0 saturated heterocycles. The van der Waals surface area contributed by atoms with Crippen LogP contribution < -0.4 is 14.5 Å². The molecule has 0 fully saturated rings. The van der Waals surface area contributed by atoms with E-state index in [1.807, 2.05) is 31.3 Å². The Bertz CT molecular complexity index is 574. The van der Waals surface area contributed by atoms with Gasteiger partial charge in [-0.2, -0.15) is 0 Å². The van der Waals surface area contributed by atoms with Gasteiger partial charge in [0, 0.05) is 20.1 Å². The molecule has 1 aliphatic heterocycles. The van der Waals surface area contributed by atoms with E-state index < -0.39 is 15.3 Å². The summed E-state index contributed by atoms with van der Waals surface area (Å²) in [6, 6.07) is 7.68. The Hall–Kier alpha value is -1.27. The third-order valence-corrected chi connectivity index (χ3v) is 6.05. The van der Waals surface area contributed by atoms with Gasteiger partial charge < -0.3 is 10.2 Å². The third kappa shape index (κ3) is 3.32. The van der Waals surface area contributed by atoms with Gasteiger partial charge in [-0.25, -0.2) is 8.42 Å². The molecule has 0 aromatic heterocycles. The number of hydrogen-bond donors (Lipinski definition) is 1. The Morgan fingerprint density at radius 1 is 1.24 bits per heavy atom. The van der Waals surface area contributed by atoms with E-state index in [1.165, 1.54) is 0 Å². The number of nitrogens with zero attached hydrogens (tertiary/aromatic N) is 2. The normalized spacial score (nSPS) is 16.7. The number of anilines is 2. The molecule has 21 heavy (non-hydrogen) atoms. The Kier molecular flexibility index (Phi) is 5.11. The lowest BCUT2D eigenvalue weighted by Crippen LogP contribution is -2.48. The second-order valence-corrected chi connectivity index (χ2v) is 7.82. The van der Waals surface area contributed by atoms with Gasteiger partial charge in [-0.15, -0.1) is 0 Å². The first kappa shape index (κ1) is 16.1. The first-order valence-electron chi connectivity index (χ1n) is 7.51. The van der Waals surface area contributed by atoms with Gasteiger partial charge in [0.1, 0.15) is 0 Å². The molecular weight excluding hydrogens is 286 g/mol. The van der Waals surface area contributed by atoms with Crippen LogP contribution in [0.25, 0.3) is 0 Å². The summed E-state index contributed by atoms with van der Waals surface area (Å²) in [5, 5.41) is 2.77. The molecule has 5 nitrogen and oxygen atoms in total. The molecule has 118 valence electrons. The first-order valence-corrected chi connectivity index (χ1v) is 9.01. The smallest absolute Gasteiger partial charge is 0.239 e. The number of rotatable bonds is 6. The Labute approximate surface area is 128 Å². The lowest BCUT2D eigenvalue weighted by atomic mass is 10.2. The van der Waals surface area contributed by atoms with E-state index in [1.54, 1.807) is 11.2 Å². The van der Waals surface area contributed by atoms with Crippen LogP contribution in [0.2, 0.25) is 0 Å². The molecule has 1 atom stereocenters. The highest BCUT2D eigenvalue weighted by Crippen LogP contribution is 2.34. The van der Waals surface area contributed by atoms with Crippen molar-refractivity contribution in [1.29, 1.82) is 0 Å². The van der Waals surface area contributed by atoms with Crippen LogP contribution in [0.1, 0.15) is 20.3 Å². The standard InChI is InChI=1S/C15H25N3O2S/c1-4-9-16-12-13(2)21(19,20)18-11-10-17(3)14-7-5-6-8-15(14)18/h5-8,13,16H,4,9-12H2,1-3H3. The van der Waals surface area contributed by atoms with Crippen molar-refractivity contribution in [2.45, 2.75) is 25.5 Å². The Morgan fingerprint density at radius 3 is 2.57 bits per heavy atom. The number of benzene rings is 1. The molecule has 0 amide bonds. The fourth-order valence-electron chi connectivity index (χ4n) is 2.55. The summed E-state index contributed by atoms with van der Waals surface area (Å²) < 4.78 is 27.2. The molecular formula is C15H25N3O2S. The van der Waals surface area contributed by atoms with Crippen molar-refractivity contribution in [2.75, 3.05) is 42.4 Å². The van der Waals surface area contributed by atoms with Crippen LogP contribution >= 0.6 is 0 Å². The first-order chi connectivity index (χ1) is 9.98. The maximum absolute atomic E-state index is 12.8. The SMILES string of the molecule is CCCNCC(C)S(=O)(=O)N1CCN(C)c2ccccc21. The average molecular weight is 311 g/mol. The van der Waals surface area contributed by atoms with Crippen molar-refractivity contribution in [3.8, 4) is 0 Å². The lowest BCUT2D eigenvalue weighted by Gasteiger charge is -2.37. The molecule has 0 spiro atoms. The highest BCUT2D eigenvalue weighted by Gasteiger charge is 2.33. The van der Waals surface area contributed by atoms with Gasteiger partial charge in [-0.05, 0) is 32.0 Å². The fourth-order valence-corrected chi connectivity index (χ4v) is 4.08. The van der Waals surface area contributed by atoms with Crippen molar-refractivity contribution >= 4 is 21.4 Å². The van der Waals surface area contributed by atoms with Gasteiger partial charge in [0.15, 0.2) is 0 Å². The number of nitrogens with one attached hydrogen (secondary N) is 1. The Balaban J connectivity index is 2.23. The summed E-state index contributed by atoms with van der Waals surface area (Å²) in [5.41, 5.74) is 1.76. The quantitative estimate of drug-likeness (QED) is 0.812. The second kappa shape index (κ2) is 6.66. The van der Waals surface area contributed by atoms with Crippen molar-refractivity contribution in [2.24, 2.45) is 0 Å². The minimum absolute atomic E-state index is 0.430. The van der Waals surface area contributed by atoms with E-state index in [0.29, 0.717) is 19.6 Å². The molecule has 1 heterocycles. The van der Waals surface area contributed by atoms with Crippen molar-refractivity contribution in [3.05, 3.63) is 24.3 Å². The van der Waals surface area contributed by atoms with Crippen molar-refractivity contribution in [3.63, 3.8) is 0 Å². The van der Waals surface area contributed by atoms with Crippen LogP contribution in [0, 0.1) is 0 Å². The number of likely N-dealkylation sites (N-methyl/N-ethyl adjacent to an activating group) is 1. The van der Waals surface area contributed by atoms with Gasteiger partial charge >= 0.3 is 0 Å². The minimum atomic E-state index is -3.34. The molecule has 0 aliphatic carbocycles. The maximum atomic E-state index is 12.8. The summed E-state index contributed by atoms with van der Waals surface area (Å²) in [6.45, 7) is 6.41. The maximum Gasteiger partial charge on any atom is 0.239 e. The predicted molar refractivity (Wildman–Crippen MR) is 88.6 cm³/mol. The largest absolute Gasteiger partial charge is 0.371 e. The lowest BCUT2D eigenvalue weighted by molar-refractivity contribution is 0.564. The van der Waals surface area contributed by atoms with E-state index in [9.17, 15) is 8.42 Å². The van der Waals surface area contributed by atoms with Crippen LogP contribution in [-0.4, -0.2) is 46.9 Å². The van der Waals surface area contributed by atoms with Crippen molar-refractivity contribution < 1.29 is 8.42 Å². The van der Waals surface area contributed by atoms with E-state index in [-0.39, 0.29) is 0 Å². The molecule has 0 bridgehead atoms. The number of fused-ring (bicyclic) bond motifs is 1. The third-order valence-electron chi connectivity index (χ3n) is 3.87. The molecule has 1 N–H and O–H groups in total. The van der Waals surface area contributed by atoms with E-state index in [2.05, 4.69) is 17.1 Å². The highest BCUT2D eigenvalue weighted by molar-refractivity contribution is 7.93. The zero-order valence-electron chi connectivity index (χ0n) is 13.0. The molecule has 6 heteroatoms. The summed E-state index contributed by atoms with van der Waals surface area (Å²) >= 11 is 0. The molecule has 0 radical (unpaired) electrons.